The summed E-state index contributed by atoms with van der Waals surface area (Å²) in [6, 6.07) is 1.89. The van der Waals surface area contributed by atoms with E-state index in [1.807, 2.05) is 18.4 Å². The van der Waals surface area contributed by atoms with Crippen LogP contribution in [0.25, 0.3) is 10.2 Å². The highest BCUT2D eigenvalue weighted by atomic mass is 32.1. The maximum atomic E-state index is 11.4. The lowest BCUT2D eigenvalue weighted by Crippen LogP contribution is -2.37. The van der Waals surface area contributed by atoms with Crippen molar-refractivity contribution in [3.8, 4) is 0 Å². The van der Waals surface area contributed by atoms with Crippen LogP contribution in [0.5, 0.6) is 0 Å². The number of carbonyl (C=O) groups excluding carboxylic acids is 1. The van der Waals surface area contributed by atoms with Crippen LogP contribution in [-0.4, -0.2) is 54.6 Å². The molecule has 0 aliphatic heterocycles. The van der Waals surface area contributed by atoms with Crippen molar-refractivity contribution in [3.05, 3.63) is 11.4 Å². The van der Waals surface area contributed by atoms with E-state index in [0.717, 1.165) is 22.6 Å². The molecule has 8 heteroatoms. The summed E-state index contributed by atoms with van der Waals surface area (Å²) >= 11 is 1.58. The number of carbonyl (C=O) groups is 1. The molecule has 0 saturated carbocycles. The summed E-state index contributed by atoms with van der Waals surface area (Å²) in [7, 11) is 3.43. The number of fused-ring (bicyclic) bond motifs is 1. The molecule has 0 bridgehead atoms. The van der Waals surface area contributed by atoms with Gasteiger partial charge in [0.1, 0.15) is 10.6 Å². The molecule has 21 heavy (non-hydrogen) atoms. The number of nitrogens with zero attached hydrogens (tertiary/aromatic N) is 3. The summed E-state index contributed by atoms with van der Waals surface area (Å²) < 4.78 is 0. The lowest BCUT2D eigenvalue weighted by Gasteiger charge is -2.13. The number of aromatic nitrogens is 2. The topological polar surface area (TPSA) is 82.2 Å². The first-order chi connectivity index (χ1) is 10.1. The summed E-state index contributed by atoms with van der Waals surface area (Å²) in [6.07, 6.45) is 0. The van der Waals surface area contributed by atoms with Crippen molar-refractivity contribution in [1.82, 2.24) is 20.2 Å². The molecule has 2 heterocycles. The van der Waals surface area contributed by atoms with Crippen LogP contribution in [-0.2, 0) is 0 Å². The quantitative estimate of drug-likeness (QED) is 0.709. The molecule has 2 amide bonds. The average Bonchev–Trinajstić information content (AvgIpc) is 2.91. The van der Waals surface area contributed by atoms with E-state index in [4.69, 9.17) is 0 Å². The second-order valence-electron chi connectivity index (χ2n) is 4.62. The molecular formula is C13H20N6OS. The van der Waals surface area contributed by atoms with Gasteiger partial charge in [-0.25, -0.2) is 9.78 Å². The van der Waals surface area contributed by atoms with E-state index in [1.165, 1.54) is 4.90 Å². The Labute approximate surface area is 127 Å². The molecule has 2 aromatic heterocycles. The van der Waals surface area contributed by atoms with Gasteiger partial charge in [0, 0.05) is 33.7 Å². The second kappa shape index (κ2) is 7.07. The zero-order chi connectivity index (χ0) is 15.2. The van der Waals surface area contributed by atoms with E-state index in [-0.39, 0.29) is 6.03 Å². The van der Waals surface area contributed by atoms with Crippen molar-refractivity contribution in [1.29, 1.82) is 0 Å². The summed E-state index contributed by atoms with van der Waals surface area (Å²) in [6.45, 7) is 3.91. The smallest absolute Gasteiger partial charge is 0.316 e. The maximum Gasteiger partial charge on any atom is 0.316 e. The van der Waals surface area contributed by atoms with Crippen molar-refractivity contribution in [2.24, 2.45) is 0 Å². The van der Waals surface area contributed by atoms with Crippen LogP contribution in [0.15, 0.2) is 11.4 Å². The molecule has 0 fully saturated rings. The van der Waals surface area contributed by atoms with Crippen LogP contribution in [0.1, 0.15) is 6.92 Å². The Bertz CT molecular complexity index is 612. The van der Waals surface area contributed by atoms with Crippen LogP contribution >= 0.6 is 11.3 Å². The first-order valence-electron chi connectivity index (χ1n) is 6.80. The minimum absolute atomic E-state index is 0.103. The van der Waals surface area contributed by atoms with E-state index < -0.39 is 0 Å². The molecule has 0 aliphatic rings. The molecule has 0 saturated heterocycles. The van der Waals surface area contributed by atoms with E-state index in [2.05, 4.69) is 25.9 Å². The van der Waals surface area contributed by atoms with Gasteiger partial charge in [-0.3, -0.25) is 0 Å². The normalized spacial score (nSPS) is 10.4. The number of nitrogens with one attached hydrogen (secondary N) is 3. The molecule has 114 valence electrons. The predicted molar refractivity (Wildman–Crippen MR) is 87.2 cm³/mol. The van der Waals surface area contributed by atoms with Gasteiger partial charge in [0.15, 0.2) is 0 Å². The number of rotatable bonds is 6. The lowest BCUT2D eigenvalue weighted by atomic mass is 10.4. The number of anilines is 2. The summed E-state index contributed by atoms with van der Waals surface area (Å²) in [5, 5.41) is 12.2. The van der Waals surface area contributed by atoms with Gasteiger partial charge in [-0.15, -0.1) is 11.3 Å². The largest absolute Gasteiger partial charge is 0.368 e. The Morgan fingerprint density at radius 2 is 2.10 bits per heavy atom. The van der Waals surface area contributed by atoms with Gasteiger partial charge in [0.2, 0.25) is 5.95 Å². The van der Waals surface area contributed by atoms with Gasteiger partial charge in [-0.05, 0) is 18.4 Å². The zero-order valence-electron chi connectivity index (χ0n) is 12.4. The fourth-order valence-electron chi connectivity index (χ4n) is 1.74. The minimum Gasteiger partial charge on any atom is -0.368 e. The molecule has 0 atom stereocenters. The molecular weight excluding hydrogens is 288 g/mol. The lowest BCUT2D eigenvalue weighted by molar-refractivity contribution is 0.218. The van der Waals surface area contributed by atoms with Gasteiger partial charge in [-0.1, -0.05) is 0 Å². The molecule has 0 aromatic carbocycles. The minimum atomic E-state index is -0.103. The highest BCUT2D eigenvalue weighted by molar-refractivity contribution is 7.16. The number of hydrogen-bond donors (Lipinski definition) is 3. The predicted octanol–water partition coefficient (Wildman–Crippen LogP) is 1.81. The molecule has 0 spiro atoms. The number of amides is 2. The van der Waals surface area contributed by atoms with Gasteiger partial charge < -0.3 is 20.9 Å². The third-order valence-corrected chi connectivity index (χ3v) is 3.57. The highest BCUT2D eigenvalue weighted by Crippen LogP contribution is 2.26. The molecule has 0 aliphatic carbocycles. The van der Waals surface area contributed by atoms with Crippen molar-refractivity contribution in [3.63, 3.8) is 0 Å². The Morgan fingerprint density at radius 1 is 1.29 bits per heavy atom. The van der Waals surface area contributed by atoms with E-state index in [1.54, 1.807) is 25.4 Å². The first kappa shape index (κ1) is 15.3. The SMILES string of the molecule is CCNc1nc(NCCNC(=O)N(C)C)c2ccsc2n1. The molecule has 3 N–H and O–H groups in total. The maximum absolute atomic E-state index is 11.4. The van der Waals surface area contributed by atoms with Crippen LogP contribution < -0.4 is 16.0 Å². The fourth-order valence-corrected chi connectivity index (χ4v) is 2.50. The average molecular weight is 308 g/mol. The van der Waals surface area contributed by atoms with Crippen molar-refractivity contribution < 1.29 is 4.79 Å². The zero-order valence-corrected chi connectivity index (χ0v) is 13.3. The van der Waals surface area contributed by atoms with Crippen molar-refractivity contribution in [2.45, 2.75) is 6.92 Å². The van der Waals surface area contributed by atoms with Crippen LogP contribution in [0.4, 0.5) is 16.6 Å². The van der Waals surface area contributed by atoms with Crippen LogP contribution in [0.3, 0.4) is 0 Å². The third kappa shape index (κ3) is 3.94. The summed E-state index contributed by atoms with van der Waals surface area (Å²) in [5.74, 6) is 1.41. The monoisotopic (exact) mass is 308 g/mol. The van der Waals surface area contributed by atoms with Gasteiger partial charge >= 0.3 is 6.03 Å². The molecule has 2 rings (SSSR count). The fraction of sp³-hybridized carbons (Fsp3) is 0.462. The number of urea groups is 1. The molecule has 0 radical (unpaired) electrons. The van der Waals surface area contributed by atoms with Crippen LogP contribution in [0.2, 0.25) is 0 Å². The van der Waals surface area contributed by atoms with Gasteiger partial charge in [0.25, 0.3) is 0 Å². The third-order valence-electron chi connectivity index (χ3n) is 2.76. The molecule has 2 aromatic rings. The van der Waals surface area contributed by atoms with Crippen molar-refractivity contribution >= 4 is 39.4 Å². The Hall–Kier alpha value is -2.09. The summed E-state index contributed by atoms with van der Waals surface area (Å²) in [4.78, 5) is 22.8. The van der Waals surface area contributed by atoms with Gasteiger partial charge in [0.05, 0.1) is 5.39 Å². The Balaban J connectivity index is 2.00. The standard InChI is InChI=1S/C13H20N6OS/c1-4-14-12-17-10(9-5-8-21-11(9)18-12)15-6-7-16-13(20)19(2)3/h5,8H,4,6-7H2,1-3H3,(H,16,20)(H2,14,15,17,18). The van der Waals surface area contributed by atoms with E-state index in [9.17, 15) is 4.79 Å². The first-order valence-corrected chi connectivity index (χ1v) is 7.68. The number of hydrogen-bond acceptors (Lipinski definition) is 6. The van der Waals surface area contributed by atoms with Gasteiger partial charge in [-0.2, -0.15) is 4.98 Å². The van der Waals surface area contributed by atoms with Crippen LogP contribution in [0, 0.1) is 0 Å². The van der Waals surface area contributed by atoms with Crippen molar-refractivity contribution in [2.75, 3.05) is 44.4 Å². The highest BCUT2D eigenvalue weighted by Gasteiger charge is 2.08. The Morgan fingerprint density at radius 3 is 2.81 bits per heavy atom. The second-order valence-corrected chi connectivity index (χ2v) is 5.51. The summed E-state index contributed by atoms with van der Waals surface area (Å²) in [5.41, 5.74) is 0. The van der Waals surface area contributed by atoms with E-state index in [0.29, 0.717) is 19.0 Å². The Kier molecular flexibility index (Phi) is 5.15. The van der Waals surface area contributed by atoms with E-state index >= 15 is 0 Å². The number of thiophene rings is 1. The molecule has 0 unspecified atom stereocenters. The molecule has 7 nitrogen and oxygen atoms in total.